The molecule has 0 fully saturated rings. The predicted octanol–water partition coefficient (Wildman–Crippen LogP) is 4.66. The summed E-state index contributed by atoms with van der Waals surface area (Å²) >= 11 is 0. The van der Waals surface area contributed by atoms with Crippen LogP contribution in [0.3, 0.4) is 0 Å². The first-order chi connectivity index (χ1) is 16.0. The molecular formula is C26H28ClFN4O2. The molecule has 8 heteroatoms. The minimum Gasteiger partial charge on any atom is -0.487 e. The number of hydrogen-bond donors (Lipinski definition) is 1. The smallest absolute Gasteiger partial charge is 0.258 e. The van der Waals surface area contributed by atoms with Crippen molar-refractivity contribution >= 4 is 23.3 Å². The van der Waals surface area contributed by atoms with Gasteiger partial charge in [-0.3, -0.25) is 14.3 Å². The zero-order valence-corrected chi connectivity index (χ0v) is 20.1. The van der Waals surface area contributed by atoms with Crippen molar-refractivity contribution in [1.29, 1.82) is 0 Å². The molecule has 0 aliphatic carbocycles. The van der Waals surface area contributed by atoms with Gasteiger partial charge in [0, 0.05) is 54.4 Å². The number of nitrogens with zero attached hydrogens (tertiary/aromatic N) is 3. The van der Waals surface area contributed by atoms with E-state index in [-0.39, 0.29) is 24.6 Å². The fourth-order valence-corrected chi connectivity index (χ4v) is 4.50. The van der Waals surface area contributed by atoms with Crippen molar-refractivity contribution < 1.29 is 9.13 Å². The topological polar surface area (TPSA) is 63.1 Å². The number of benzene rings is 1. The van der Waals surface area contributed by atoms with Crippen molar-refractivity contribution in [2.45, 2.75) is 39.3 Å². The molecule has 5 rings (SSSR count). The van der Waals surface area contributed by atoms with Crippen LogP contribution in [0.5, 0.6) is 5.75 Å². The van der Waals surface area contributed by atoms with Crippen molar-refractivity contribution in [3.8, 4) is 11.4 Å². The zero-order valence-electron chi connectivity index (χ0n) is 19.3. The summed E-state index contributed by atoms with van der Waals surface area (Å²) in [7, 11) is 0. The Morgan fingerprint density at radius 1 is 1.12 bits per heavy atom. The van der Waals surface area contributed by atoms with Crippen LogP contribution in [-0.4, -0.2) is 38.6 Å². The minimum atomic E-state index is -0.394. The number of hydrogen-bond acceptors (Lipinski definition) is 4. The maximum Gasteiger partial charge on any atom is 0.258 e. The SMILES string of the molecule is CC(C)N1CCc2[nH]c3cc(-n4ccc(OCc5ccc(F)cn5)cc4=O)ccc3c2CC1.Cl. The Bertz CT molecular complexity index is 1350. The van der Waals surface area contributed by atoms with E-state index in [0.29, 0.717) is 17.5 Å². The summed E-state index contributed by atoms with van der Waals surface area (Å²) in [6.07, 6.45) is 4.90. The van der Waals surface area contributed by atoms with E-state index in [2.05, 4.69) is 34.8 Å². The molecule has 0 amide bonds. The van der Waals surface area contributed by atoms with Crippen molar-refractivity contribution in [3.05, 3.63) is 88.0 Å². The van der Waals surface area contributed by atoms with Crippen molar-refractivity contribution in [2.24, 2.45) is 0 Å². The number of ether oxygens (including phenoxy) is 1. The molecule has 0 saturated carbocycles. The van der Waals surface area contributed by atoms with Crippen LogP contribution in [0.25, 0.3) is 16.6 Å². The second kappa shape index (κ2) is 9.99. The van der Waals surface area contributed by atoms with Crippen LogP contribution in [0.2, 0.25) is 0 Å². The maximum atomic E-state index is 13.0. The van der Waals surface area contributed by atoms with Gasteiger partial charge in [-0.15, -0.1) is 12.4 Å². The molecule has 4 heterocycles. The highest BCUT2D eigenvalue weighted by Crippen LogP contribution is 2.28. The first-order valence-corrected chi connectivity index (χ1v) is 11.3. The first-order valence-electron chi connectivity index (χ1n) is 11.3. The molecule has 34 heavy (non-hydrogen) atoms. The van der Waals surface area contributed by atoms with E-state index in [9.17, 15) is 9.18 Å². The molecule has 1 aromatic carbocycles. The van der Waals surface area contributed by atoms with E-state index in [1.807, 2.05) is 12.1 Å². The van der Waals surface area contributed by atoms with Gasteiger partial charge in [-0.05, 0) is 56.2 Å². The number of pyridine rings is 2. The molecule has 6 nitrogen and oxygen atoms in total. The minimum absolute atomic E-state index is 0. The lowest BCUT2D eigenvalue weighted by Crippen LogP contribution is -2.33. The first kappa shape index (κ1) is 24.0. The molecule has 0 radical (unpaired) electrons. The molecule has 0 saturated heterocycles. The number of halogens is 2. The van der Waals surface area contributed by atoms with Crippen LogP contribution in [0.15, 0.2) is 59.7 Å². The monoisotopic (exact) mass is 482 g/mol. The van der Waals surface area contributed by atoms with Crippen molar-refractivity contribution in [1.82, 2.24) is 19.4 Å². The van der Waals surface area contributed by atoms with Gasteiger partial charge in [-0.1, -0.05) is 6.07 Å². The Balaban J connectivity index is 0.00000274. The van der Waals surface area contributed by atoms with Crippen LogP contribution in [0.1, 0.15) is 30.8 Å². The highest BCUT2D eigenvalue weighted by Gasteiger charge is 2.20. The highest BCUT2D eigenvalue weighted by molar-refractivity contribution is 5.86. The number of H-pyrrole nitrogens is 1. The Kier molecular flexibility index (Phi) is 7.05. The highest BCUT2D eigenvalue weighted by atomic mass is 35.5. The molecule has 1 aliphatic heterocycles. The van der Waals surface area contributed by atoms with Crippen LogP contribution in [0.4, 0.5) is 4.39 Å². The van der Waals surface area contributed by atoms with Gasteiger partial charge in [0.05, 0.1) is 17.6 Å². The average Bonchev–Trinajstić information content (AvgIpc) is 3.01. The molecule has 0 unspecified atom stereocenters. The summed E-state index contributed by atoms with van der Waals surface area (Å²) in [5, 5.41) is 1.24. The lowest BCUT2D eigenvalue weighted by Gasteiger charge is -2.24. The molecule has 178 valence electrons. The third-order valence-electron chi connectivity index (χ3n) is 6.35. The second-order valence-electron chi connectivity index (χ2n) is 8.77. The number of aromatic nitrogens is 3. The summed E-state index contributed by atoms with van der Waals surface area (Å²) < 4.78 is 20.2. The summed E-state index contributed by atoms with van der Waals surface area (Å²) in [6.45, 7) is 6.78. The fourth-order valence-electron chi connectivity index (χ4n) is 4.50. The molecule has 0 atom stereocenters. The summed E-state index contributed by atoms with van der Waals surface area (Å²) in [5.74, 6) is 0.0547. The lowest BCUT2D eigenvalue weighted by molar-refractivity contribution is 0.232. The van der Waals surface area contributed by atoms with Gasteiger partial charge in [0.1, 0.15) is 18.2 Å². The Morgan fingerprint density at radius 3 is 2.68 bits per heavy atom. The van der Waals surface area contributed by atoms with E-state index >= 15 is 0 Å². The van der Waals surface area contributed by atoms with E-state index in [1.165, 1.54) is 28.8 Å². The van der Waals surface area contributed by atoms with Crippen LogP contribution in [-0.2, 0) is 19.4 Å². The normalized spacial score (nSPS) is 14.0. The summed E-state index contributed by atoms with van der Waals surface area (Å²) in [4.78, 5) is 22.9. The number of nitrogens with one attached hydrogen (secondary N) is 1. The van der Waals surface area contributed by atoms with Gasteiger partial charge in [-0.2, -0.15) is 0 Å². The molecular weight excluding hydrogens is 455 g/mol. The van der Waals surface area contributed by atoms with Crippen molar-refractivity contribution in [2.75, 3.05) is 13.1 Å². The van der Waals surface area contributed by atoms with E-state index in [0.717, 1.165) is 43.3 Å². The largest absolute Gasteiger partial charge is 0.487 e. The Hall–Kier alpha value is -3.16. The van der Waals surface area contributed by atoms with Crippen LogP contribution >= 0.6 is 12.4 Å². The fraction of sp³-hybridized carbons (Fsp3) is 0.308. The van der Waals surface area contributed by atoms with Gasteiger partial charge >= 0.3 is 0 Å². The van der Waals surface area contributed by atoms with Gasteiger partial charge in [0.2, 0.25) is 0 Å². The molecule has 1 N–H and O–H groups in total. The quantitative estimate of drug-likeness (QED) is 0.449. The van der Waals surface area contributed by atoms with Gasteiger partial charge < -0.3 is 14.6 Å². The zero-order chi connectivity index (χ0) is 22.9. The molecule has 0 spiro atoms. The lowest BCUT2D eigenvalue weighted by atomic mass is 10.1. The van der Waals surface area contributed by atoms with Gasteiger partial charge in [0.15, 0.2) is 0 Å². The Morgan fingerprint density at radius 2 is 1.94 bits per heavy atom. The summed E-state index contributed by atoms with van der Waals surface area (Å²) in [5.41, 5.74) is 4.97. The molecule has 4 aromatic rings. The maximum absolute atomic E-state index is 13.0. The predicted molar refractivity (Wildman–Crippen MR) is 134 cm³/mol. The second-order valence-corrected chi connectivity index (χ2v) is 8.77. The third kappa shape index (κ3) is 4.86. The number of rotatable bonds is 5. The standard InChI is InChI=1S/C26H27FN4O2.ClH/c1-17(2)30-10-8-23-22-6-5-20(13-25(22)29-24(23)9-11-30)31-12-7-21(14-26(31)32)33-16-19-4-3-18(27)15-28-19;/h3-7,12-15,17,29H,8-11,16H2,1-2H3;1H. The van der Waals surface area contributed by atoms with E-state index < -0.39 is 5.82 Å². The van der Waals surface area contributed by atoms with Gasteiger partial charge in [-0.25, -0.2) is 4.39 Å². The number of aromatic amines is 1. The van der Waals surface area contributed by atoms with Crippen LogP contribution in [0, 0.1) is 5.82 Å². The molecule has 3 aromatic heterocycles. The average molecular weight is 483 g/mol. The third-order valence-corrected chi connectivity index (χ3v) is 6.35. The van der Waals surface area contributed by atoms with E-state index in [4.69, 9.17) is 4.74 Å². The molecule has 0 bridgehead atoms. The Labute approximate surface area is 203 Å². The summed E-state index contributed by atoms with van der Waals surface area (Å²) in [6, 6.07) is 12.8. The van der Waals surface area contributed by atoms with Gasteiger partial charge in [0.25, 0.3) is 5.56 Å². The number of fused-ring (bicyclic) bond motifs is 3. The molecule has 1 aliphatic rings. The van der Waals surface area contributed by atoms with Crippen molar-refractivity contribution in [3.63, 3.8) is 0 Å². The van der Waals surface area contributed by atoms with E-state index in [1.54, 1.807) is 22.9 Å². The van der Waals surface area contributed by atoms with Crippen LogP contribution < -0.4 is 10.3 Å².